The van der Waals surface area contributed by atoms with E-state index in [9.17, 15) is 9.59 Å². The Bertz CT molecular complexity index is 1150. The van der Waals surface area contributed by atoms with Crippen LogP contribution in [0.25, 0.3) is 10.8 Å². The molecule has 2 amide bonds. The molecule has 0 N–H and O–H groups in total. The van der Waals surface area contributed by atoms with Gasteiger partial charge in [0.2, 0.25) is 0 Å². The fourth-order valence-electron chi connectivity index (χ4n) is 4.32. The van der Waals surface area contributed by atoms with Crippen LogP contribution in [0.1, 0.15) is 43.1 Å². The van der Waals surface area contributed by atoms with E-state index in [1.165, 1.54) is 0 Å². The Morgan fingerprint density at radius 3 is 2.60 bits per heavy atom. The molecule has 1 atom stereocenters. The summed E-state index contributed by atoms with van der Waals surface area (Å²) in [7, 11) is 0. The number of ether oxygens (including phenoxy) is 2. The highest BCUT2D eigenvalue weighted by molar-refractivity contribution is 6.07. The number of hydrogen-bond donors (Lipinski definition) is 0. The van der Waals surface area contributed by atoms with Gasteiger partial charge in [-0.1, -0.05) is 42.5 Å². The number of carbonyl (C=O) groups is 2. The van der Waals surface area contributed by atoms with Crippen molar-refractivity contribution < 1.29 is 19.1 Å². The van der Waals surface area contributed by atoms with Crippen molar-refractivity contribution >= 4 is 22.8 Å². The zero-order valence-electron chi connectivity index (χ0n) is 20.6. The SMILES string of the molecule is CC(C)(C)OC(=O)N1CCN(C(=O)c2cccc3ccccc23)C[C@@H]1CCOCc1cccnc1. The maximum absolute atomic E-state index is 13.5. The van der Waals surface area contributed by atoms with Gasteiger partial charge in [0.15, 0.2) is 0 Å². The molecule has 1 saturated heterocycles. The lowest BCUT2D eigenvalue weighted by atomic mass is 10.0. The van der Waals surface area contributed by atoms with E-state index in [2.05, 4.69) is 4.98 Å². The van der Waals surface area contributed by atoms with Crippen LogP contribution in [0, 0.1) is 0 Å². The van der Waals surface area contributed by atoms with Gasteiger partial charge >= 0.3 is 6.09 Å². The fourth-order valence-corrected chi connectivity index (χ4v) is 4.32. The largest absolute Gasteiger partial charge is 0.444 e. The summed E-state index contributed by atoms with van der Waals surface area (Å²) in [5, 5.41) is 1.97. The van der Waals surface area contributed by atoms with Crippen molar-refractivity contribution in [2.24, 2.45) is 0 Å². The van der Waals surface area contributed by atoms with Gasteiger partial charge in [-0.2, -0.15) is 0 Å². The number of hydrogen-bond acceptors (Lipinski definition) is 5. The quantitative estimate of drug-likeness (QED) is 0.474. The summed E-state index contributed by atoms with van der Waals surface area (Å²) in [5.74, 6) is -0.0214. The molecule has 4 rings (SSSR count). The molecule has 0 saturated carbocycles. The lowest BCUT2D eigenvalue weighted by Gasteiger charge is -2.41. The summed E-state index contributed by atoms with van der Waals surface area (Å²) < 4.78 is 11.5. The first-order valence-corrected chi connectivity index (χ1v) is 12.0. The smallest absolute Gasteiger partial charge is 0.410 e. The van der Waals surface area contributed by atoms with Gasteiger partial charge in [0, 0.05) is 44.2 Å². The van der Waals surface area contributed by atoms with Gasteiger partial charge in [-0.05, 0) is 55.7 Å². The van der Waals surface area contributed by atoms with Gasteiger partial charge in [-0.25, -0.2) is 4.79 Å². The summed E-state index contributed by atoms with van der Waals surface area (Å²) in [4.78, 5) is 34.2. The van der Waals surface area contributed by atoms with Gasteiger partial charge in [0.25, 0.3) is 5.91 Å². The van der Waals surface area contributed by atoms with Crippen LogP contribution in [0.3, 0.4) is 0 Å². The van der Waals surface area contributed by atoms with Crippen molar-refractivity contribution in [3.05, 3.63) is 78.1 Å². The Balaban J connectivity index is 1.47. The number of carbonyl (C=O) groups excluding carboxylic acids is 2. The van der Waals surface area contributed by atoms with Crippen LogP contribution in [0.5, 0.6) is 0 Å². The minimum absolute atomic E-state index is 0.0214. The van der Waals surface area contributed by atoms with Crippen LogP contribution in [0.4, 0.5) is 4.79 Å². The van der Waals surface area contributed by atoms with Crippen LogP contribution in [-0.2, 0) is 16.1 Å². The van der Waals surface area contributed by atoms with Crippen LogP contribution in [0.15, 0.2) is 67.0 Å². The minimum Gasteiger partial charge on any atom is -0.444 e. The average molecular weight is 476 g/mol. The van der Waals surface area contributed by atoms with Crippen LogP contribution >= 0.6 is 0 Å². The van der Waals surface area contributed by atoms with Crippen molar-refractivity contribution in [1.29, 1.82) is 0 Å². The van der Waals surface area contributed by atoms with Gasteiger partial charge in [-0.3, -0.25) is 9.78 Å². The molecule has 35 heavy (non-hydrogen) atoms. The number of pyridine rings is 1. The molecular weight excluding hydrogens is 442 g/mol. The molecule has 1 aliphatic heterocycles. The van der Waals surface area contributed by atoms with Crippen molar-refractivity contribution in [2.45, 2.75) is 45.4 Å². The molecule has 2 aromatic carbocycles. The molecule has 1 fully saturated rings. The molecule has 0 spiro atoms. The lowest BCUT2D eigenvalue weighted by Crippen LogP contribution is -2.57. The van der Waals surface area contributed by atoms with E-state index in [0.29, 0.717) is 44.8 Å². The molecule has 0 bridgehead atoms. The number of nitrogens with zero attached hydrogens (tertiary/aromatic N) is 3. The van der Waals surface area contributed by atoms with E-state index in [4.69, 9.17) is 9.47 Å². The van der Waals surface area contributed by atoms with Gasteiger partial charge < -0.3 is 19.3 Å². The monoisotopic (exact) mass is 475 g/mol. The van der Waals surface area contributed by atoms with Crippen molar-refractivity contribution in [3.63, 3.8) is 0 Å². The molecule has 1 aliphatic rings. The highest BCUT2D eigenvalue weighted by Gasteiger charge is 2.35. The molecule has 0 aliphatic carbocycles. The van der Waals surface area contributed by atoms with Crippen molar-refractivity contribution in [2.75, 3.05) is 26.2 Å². The zero-order valence-corrected chi connectivity index (χ0v) is 20.6. The summed E-state index contributed by atoms with van der Waals surface area (Å²) in [6.07, 6.45) is 3.75. The van der Waals surface area contributed by atoms with E-state index >= 15 is 0 Å². The van der Waals surface area contributed by atoms with Gasteiger partial charge in [0.05, 0.1) is 12.6 Å². The molecule has 184 valence electrons. The van der Waals surface area contributed by atoms with Crippen molar-refractivity contribution in [1.82, 2.24) is 14.8 Å². The number of piperazine rings is 1. The third-order valence-corrected chi connectivity index (χ3v) is 6.00. The number of fused-ring (bicyclic) bond motifs is 1. The predicted molar refractivity (Wildman–Crippen MR) is 135 cm³/mol. The Morgan fingerprint density at radius 2 is 1.83 bits per heavy atom. The highest BCUT2D eigenvalue weighted by Crippen LogP contribution is 2.23. The Morgan fingerprint density at radius 1 is 1.03 bits per heavy atom. The number of amides is 2. The Labute approximate surface area is 206 Å². The van der Waals surface area contributed by atoms with Crippen LogP contribution < -0.4 is 0 Å². The number of rotatable bonds is 6. The molecule has 2 heterocycles. The molecule has 3 aromatic rings. The van der Waals surface area contributed by atoms with E-state index < -0.39 is 5.60 Å². The highest BCUT2D eigenvalue weighted by atomic mass is 16.6. The summed E-state index contributed by atoms with van der Waals surface area (Å²) >= 11 is 0. The number of aromatic nitrogens is 1. The average Bonchev–Trinajstić information content (AvgIpc) is 2.85. The molecule has 7 nitrogen and oxygen atoms in total. The first-order chi connectivity index (χ1) is 16.8. The maximum atomic E-state index is 13.5. The molecule has 0 radical (unpaired) electrons. The lowest BCUT2D eigenvalue weighted by molar-refractivity contribution is -0.00737. The molecule has 1 aromatic heterocycles. The van der Waals surface area contributed by atoms with E-state index in [0.717, 1.165) is 16.3 Å². The van der Waals surface area contributed by atoms with Crippen LogP contribution in [-0.4, -0.2) is 64.7 Å². The molecule has 0 unspecified atom stereocenters. The van der Waals surface area contributed by atoms with E-state index in [1.807, 2.05) is 80.3 Å². The minimum atomic E-state index is -0.589. The first-order valence-electron chi connectivity index (χ1n) is 12.0. The van der Waals surface area contributed by atoms with Crippen LogP contribution in [0.2, 0.25) is 0 Å². The topological polar surface area (TPSA) is 72.0 Å². The zero-order chi connectivity index (χ0) is 24.8. The fraction of sp³-hybridized carbons (Fsp3) is 0.393. The van der Waals surface area contributed by atoms with E-state index in [-0.39, 0.29) is 18.0 Å². The standard InChI is InChI=1S/C28H33N3O4/c1-28(2,3)35-27(33)31-16-15-30(19-23(31)13-17-34-20-21-8-7-14-29-18-21)26(32)25-12-6-10-22-9-4-5-11-24(22)25/h4-12,14,18,23H,13,15-17,19-20H2,1-3H3/t23-/m0/s1. The van der Waals surface area contributed by atoms with E-state index in [1.54, 1.807) is 17.3 Å². The van der Waals surface area contributed by atoms with Crippen molar-refractivity contribution in [3.8, 4) is 0 Å². The predicted octanol–water partition coefficient (Wildman–Crippen LogP) is 4.90. The Kier molecular flexibility index (Phi) is 7.66. The number of benzene rings is 2. The second-order valence-corrected chi connectivity index (χ2v) is 9.81. The second-order valence-electron chi connectivity index (χ2n) is 9.81. The molecular formula is C28H33N3O4. The van der Waals surface area contributed by atoms with Gasteiger partial charge in [0.1, 0.15) is 5.60 Å². The summed E-state index contributed by atoms with van der Waals surface area (Å²) in [5.41, 5.74) is 1.09. The Hall–Kier alpha value is -3.45. The molecule has 7 heteroatoms. The summed E-state index contributed by atoms with van der Waals surface area (Å²) in [6, 6.07) is 17.3. The maximum Gasteiger partial charge on any atom is 0.410 e. The third kappa shape index (κ3) is 6.36. The second kappa shape index (κ2) is 10.9. The van der Waals surface area contributed by atoms with Gasteiger partial charge in [-0.15, -0.1) is 0 Å². The normalized spacial score (nSPS) is 16.4. The third-order valence-electron chi connectivity index (χ3n) is 6.00. The first kappa shape index (κ1) is 24.7. The summed E-state index contributed by atoms with van der Waals surface area (Å²) in [6.45, 7) is 7.77.